The normalized spacial score (nSPS) is 14.6. The summed E-state index contributed by atoms with van der Waals surface area (Å²) in [7, 11) is 0. The summed E-state index contributed by atoms with van der Waals surface area (Å²) in [6, 6.07) is 18.1. The molecule has 0 spiro atoms. The van der Waals surface area contributed by atoms with E-state index in [9.17, 15) is 19.2 Å². The molecule has 0 radical (unpaired) electrons. The van der Waals surface area contributed by atoms with E-state index in [1.807, 2.05) is 43.3 Å². The van der Waals surface area contributed by atoms with Gasteiger partial charge in [-0.2, -0.15) is 0 Å². The Balaban J connectivity index is 1.34. The van der Waals surface area contributed by atoms with E-state index >= 15 is 0 Å². The van der Waals surface area contributed by atoms with Crippen LogP contribution >= 0.6 is 11.8 Å². The number of thioether (sulfide) groups is 1. The van der Waals surface area contributed by atoms with Gasteiger partial charge in [-0.05, 0) is 43.0 Å². The Labute approximate surface area is 216 Å². The zero-order valence-corrected chi connectivity index (χ0v) is 20.8. The van der Waals surface area contributed by atoms with E-state index in [1.54, 1.807) is 47.4 Å². The molecule has 1 fully saturated rings. The lowest BCUT2D eigenvalue weighted by Crippen LogP contribution is -2.33. The number of imide groups is 1. The van der Waals surface area contributed by atoms with Crippen LogP contribution in [0, 0.1) is 6.92 Å². The van der Waals surface area contributed by atoms with Crippen LogP contribution in [0.15, 0.2) is 82.4 Å². The molecule has 2 aromatic heterocycles. The molecule has 0 aliphatic carbocycles. The van der Waals surface area contributed by atoms with Crippen molar-refractivity contribution in [1.29, 1.82) is 0 Å². The lowest BCUT2D eigenvalue weighted by atomic mass is 10.1. The molecular weight excluding hydrogens is 490 g/mol. The number of aromatic nitrogens is 1. The van der Waals surface area contributed by atoms with Crippen LogP contribution in [0.5, 0.6) is 0 Å². The maximum Gasteiger partial charge on any atom is 0.293 e. The predicted molar refractivity (Wildman–Crippen MR) is 141 cm³/mol. The number of hydrogen-bond acceptors (Lipinski definition) is 6. The van der Waals surface area contributed by atoms with Crippen LogP contribution in [0.1, 0.15) is 27.2 Å². The Morgan fingerprint density at radius 3 is 2.54 bits per heavy atom. The van der Waals surface area contributed by atoms with Crippen molar-refractivity contribution in [2.45, 2.75) is 20.0 Å². The number of nitrogens with zero attached hydrogens (tertiary/aromatic N) is 2. The van der Waals surface area contributed by atoms with Gasteiger partial charge in [0.25, 0.3) is 11.1 Å². The topological polar surface area (TPSA) is 102 Å². The molecule has 5 rings (SSSR count). The minimum absolute atomic E-state index is 0.0710. The highest BCUT2D eigenvalue weighted by molar-refractivity contribution is 8.18. The summed E-state index contributed by atoms with van der Waals surface area (Å²) in [5.74, 6) is -0.356. The third-order valence-electron chi connectivity index (χ3n) is 6.01. The molecule has 0 bridgehead atoms. The number of amides is 3. The van der Waals surface area contributed by atoms with Gasteiger partial charge in [0.2, 0.25) is 5.91 Å². The average molecular weight is 514 g/mol. The Morgan fingerprint density at radius 2 is 1.78 bits per heavy atom. The SMILES string of the molecule is Cc1ccc(C(=O)CN2C(=O)S/C(=C\c3cn(CC(=O)NCc4ccco4)c4ccccc34)C2=O)cc1. The van der Waals surface area contributed by atoms with Gasteiger partial charge >= 0.3 is 0 Å². The molecule has 2 aromatic carbocycles. The van der Waals surface area contributed by atoms with Crippen LogP contribution in [-0.4, -0.2) is 38.8 Å². The first-order valence-electron chi connectivity index (χ1n) is 11.6. The number of fused-ring (bicyclic) bond motifs is 1. The van der Waals surface area contributed by atoms with Crippen molar-refractivity contribution in [1.82, 2.24) is 14.8 Å². The highest BCUT2D eigenvalue weighted by Gasteiger charge is 2.36. The van der Waals surface area contributed by atoms with Crippen molar-refractivity contribution in [3.8, 4) is 0 Å². The lowest BCUT2D eigenvalue weighted by molar-refractivity contribution is -0.123. The summed E-state index contributed by atoms with van der Waals surface area (Å²) in [6.45, 7) is 1.95. The standard InChI is InChI=1S/C28H23N3O5S/c1-18-8-10-19(11-9-18)24(32)16-31-27(34)25(37-28(31)35)13-20-15-30(23-7-3-2-6-22(20)23)17-26(33)29-14-21-5-4-12-36-21/h2-13,15H,14,16-17H2,1H3,(H,29,33)/b25-13-. The molecule has 3 amide bonds. The molecule has 1 N–H and O–H groups in total. The second-order valence-corrected chi connectivity index (χ2v) is 9.64. The largest absolute Gasteiger partial charge is 0.467 e. The van der Waals surface area contributed by atoms with Crippen molar-refractivity contribution in [3.05, 3.63) is 100 Å². The van der Waals surface area contributed by atoms with E-state index in [4.69, 9.17) is 4.42 Å². The van der Waals surface area contributed by atoms with Gasteiger partial charge in [0, 0.05) is 28.2 Å². The van der Waals surface area contributed by atoms with Crippen LogP contribution in [0.3, 0.4) is 0 Å². The van der Waals surface area contributed by atoms with Gasteiger partial charge in [0.15, 0.2) is 5.78 Å². The van der Waals surface area contributed by atoms with E-state index in [0.29, 0.717) is 16.9 Å². The number of aryl methyl sites for hydroxylation is 1. The molecule has 0 saturated carbocycles. The number of benzene rings is 2. The number of ketones is 1. The molecule has 3 heterocycles. The van der Waals surface area contributed by atoms with Crippen LogP contribution in [0.2, 0.25) is 0 Å². The Kier molecular flexibility index (Phi) is 6.78. The number of hydrogen-bond donors (Lipinski definition) is 1. The molecule has 1 aliphatic rings. The molecule has 0 atom stereocenters. The van der Waals surface area contributed by atoms with Gasteiger partial charge < -0.3 is 14.3 Å². The van der Waals surface area contributed by atoms with E-state index in [1.165, 1.54) is 0 Å². The summed E-state index contributed by atoms with van der Waals surface area (Å²) in [6.07, 6.45) is 4.97. The van der Waals surface area contributed by atoms with Crippen molar-refractivity contribution < 1.29 is 23.6 Å². The maximum absolute atomic E-state index is 13.0. The molecule has 1 saturated heterocycles. The minimum atomic E-state index is -0.511. The Morgan fingerprint density at radius 1 is 1.00 bits per heavy atom. The molecule has 4 aromatic rings. The first-order valence-corrected chi connectivity index (χ1v) is 12.4. The summed E-state index contributed by atoms with van der Waals surface area (Å²) >= 11 is 0.802. The zero-order valence-electron chi connectivity index (χ0n) is 20.0. The first-order chi connectivity index (χ1) is 17.9. The highest BCUT2D eigenvalue weighted by atomic mass is 32.2. The molecule has 37 heavy (non-hydrogen) atoms. The quantitative estimate of drug-likeness (QED) is 0.269. The van der Waals surface area contributed by atoms with Crippen molar-refractivity contribution >= 4 is 51.6 Å². The van der Waals surface area contributed by atoms with Crippen molar-refractivity contribution in [3.63, 3.8) is 0 Å². The fourth-order valence-electron chi connectivity index (χ4n) is 4.08. The van der Waals surface area contributed by atoms with Gasteiger partial charge in [0.05, 0.1) is 24.3 Å². The number of carbonyl (C=O) groups is 4. The van der Waals surface area contributed by atoms with Crippen LogP contribution in [0.25, 0.3) is 17.0 Å². The van der Waals surface area contributed by atoms with Gasteiger partial charge in [-0.25, -0.2) is 0 Å². The van der Waals surface area contributed by atoms with Gasteiger partial charge in [-0.15, -0.1) is 0 Å². The minimum Gasteiger partial charge on any atom is -0.467 e. The van der Waals surface area contributed by atoms with Crippen LogP contribution in [-0.2, 0) is 22.7 Å². The van der Waals surface area contributed by atoms with Crippen LogP contribution in [0.4, 0.5) is 4.79 Å². The number of furan rings is 1. The van der Waals surface area contributed by atoms with Gasteiger partial charge in [0.1, 0.15) is 12.3 Å². The predicted octanol–water partition coefficient (Wildman–Crippen LogP) is 4.78. The summed E-state index contributed by atoms with van der Waals surface area (Å²) in [4.78, 5) is 52.0. The van der Waals surface area contributed by atoms with Crippen LogP contribution < -0.4 is 5.32 Å². The number of Topliss-reactive ketones (excluding diaryl/α,β-unsaturated/α-hetero) is 1. The summed E-state index contributed by atoms with van der Waals surface area (Å²) in [5, 5.41) is 3.17. The number of rotatable bonds is 8. The number of carbonyl (C=O) groups excluding carboxylic acids is 4. The monoisotopic (exact) mass is 513 g/mol. The molecule has 8 nitrogen and oxygen atoms in total. The fourth-order valence-corrected chi connectivity index (χ4v) is 4.91. The van der Waals surface area contributed by atoms with Gasteiger partial charge in [-0.3, -0.25) is 24.1 Å². The molecule has 1 aliphatic heterocycles. The smallest absolute Gasteiger partial charge is 0.293 e. The maximum atomic E-state index is 13.0. The molecule has 0 unspecified atom stereocenters. The second kappa shape index (κ2) is 10.3. The zero-order chi connectivity index (χ0) is 25.9. The molecular formula is C28H23N3O5S. The number of nitrogens with one attached hydrogen (secondary N) is 1. The van der Waals surface area contributed by atoms with Crippen molar-refractivity contribution in [2.75, 3.05) is 6.54 Å². The number of para-hydroxylation sites is 1. The molecule has 186 valence electrons. The second-order valence-electron chi connectivity index (χ2n) is 8.64. The highest BCUT2D eigenvalue weighted by Crippen LogP contribution is 2.34. The summed E-state index contributed by atoms with van der Waals surface area (Å²) in [5.41, 5.74) is 2.97. The third kappa shape index (κ3) is 5.26. The van der Waals surface area contributed by atoms with E-state index in [2.05, 4.69) is 5.32 Å². The first kappa shape index (κ1) is 24.3. The molecule has 9 heteroatoms. The summed E-state index contributed by atoms with van der Waals surface area (Å²) < 4.78 is 7.04. The lowest BCUT2D eigenvalue weighted by Gasteiger charge is -2.11. The Hall–Kier alpha value is -4.37. The third-order valence-corrected chi connectivity index (χ3v) is 6.92. The average Bonchev–Trinajstić information content (AvgIpc) is 3.60. The van der Waals surface area contributed by atoms with E-state index in [0.717, 1.165) is 33.1 Å². The van der Waals surface area contributed by atoms with Crippen molar-refractivity contribution in [2.24, 2.45) is 0 Å². The van der Waals surface area contributed by atoms with E-state index in [-0.39, 0.29) is 36.2 Å². The van der Waals surface area contributed by atoms with Gasteiger partial charge in [-0.1, -0.05) is 48.0 Å². The Bertz CT molecular complexity index is 1530. The fraction of sp³-hybridized carbons (Fsp3) is 0.143. The van der Waals surface area contributed by atoms with E-state index < -0.39 is 11.1 Å².